The average Bonchev–Trinajstić information content (AvgIpc) is 2.79. The second-order valence-electron chi connectivity index (χ2n) is 4.27. The van der Waals surface area contributed by atoms with E-state index in [0.717, 1.165) is 17.7 Å². The number of hydrogen-bond donors (Lipinski definition) is 2. The summed E-state index contributed by atoms with van der Waals surface area (Å²) in [5.41, 5.74) is 6.71. The molecule has 3 nitrogen and oxygen atoms in total. The van der Waals surface area contributed by atoms with Crippen LogP contribution in [0.2, 0.25) is 0 Å². The van der Waals surface area contributed by atoms with E-state index in [1.165, 1.54) is 4.90 Å². The predicted octanol–water partition coefficient (Wildman–Crippen LogP) is 2.06. The molecule has 3 N–H and O–H groups in total. The zero-order valence-corrected chi connectivity index (χ0v) is 11.8. The summed E-state index contributed by atoms with van der Waals surface area (Å²) in [7, 11) is 0. The first-order valence-electron chi connectivity index (χ1n) is 5.95. The van der Waals surface area contributed by atoms with Gasteiger partial charge in [-0.3, -0.25) is 4.79 Å². The standard InChI is InChI=1S/C13H16N2OS2/c1-2-10(12(14)17)15-13(16)9-7-18-11-6-4-3-5-8(9)11/h3-6,9-10H,2,7H2,1H3,(H2,14,17)(H,15,16). The van der Waals surface area contributed by atoms with Gasteiger partial charge in [-0.1, -0.05) is 37.3 Å². The number of benzene rings is 1. The minimum atomic E-state index is -0.203. The molecule has 1 heterocycles. The van der Waals surface area contributed by atoms with Crippen LogP contribution in [0, 0.1) is 0 Å². The minimum Gasteiger partial charge on any atom is -0.392 e. The van der Waals surface area contributed by atoms with E-state index in [2.05, 4.69) is 11.4 Å². The molecule has 18 heavy (non-hydrogen) atoms. The van der Waals surface area contributed by atoms with Crippen LogP contribution in [0.4, 0.5) is 0 Å². The molecule has 0 saturated carbocycles. The molecule has 0 aliphatic carbocycles. The molecule has 1 aromatic carbocycles. The van der Waals surface area contributed by atoms with Gasteiger partial charge in [-0.25, -0.2) is 0 Å². The molecule has 0 aromatic heterocycles. The van der Waals surface area contributed by atoms with Crippen molar-refractivity contribution in [3.8, 4) is 0 Å². The largest absolute Gasteiger partial charge is 0.392 e. The minimum absolute atomic E-state index is 0.0205. The number of nitrogens with two attached hydrogens (primary N) is 1. The number of thioether (sulfide) groups is 1. The molecular weight excluding hydrogens is 264 g/mol. The van der Waals surface area contributed by atoms with Crippen LogP contribution in [-0.2, 0) is 4.79 Å². The molecule has 2 rings (SSSR count). The van der Waals surface area contributed by atoms with Crippen molar-refractivity contribution in [3.63, 3.8) is 0 Å². The number of carbonyl (C=O) groups is 1. The highest BCUT2D eigenvalue weighted by molar-refractivity contribution is 7.99. The zero-order chi connectivity index (χ0) is 13.1. The van der Waals surface area contributed by atoms with Crippen LogP contribution in [0.3, 0.4) is 0 Å². The molecule has 5 heteroatoms. The third-order valence-corrected chi connectivity index (χ3v) is 4.55. The van der Waals surface area contributed by atoms with Gasteiger partial charge < -0.3 is 11.1 Å². The fourth-order valence-electron chi connectivity index (χ4n) is 2.03. The quantitative estimate of drug-likeness (QED) is 0.829. The van der Waals surface area contributed by atoms with Gasteiger partial charge in [-0.05, 0) is 18.1 Å². The van der Waals surface area contributed by atoms with Crippen molar-refractivity contribution in [1.82, 2.24) is 5.32 Å². The normalized spacial score (nSPS) is 19.1. The van der Waals surface area contributed by atoms with Gasteiger partial charge in [0, 0.05) is 10.6 Å². The van der Waals surface area contributed by atoms with Crippen molar-refractivity contribution in [2.75, 3.05) is 5.75 Å². The number of hydrogen-bond acceptors (Lipinski definition) is 3. The zero-order valence-electron chi connectivity index (χ0n) is 10.2. The molecule has 1 aromatic rings. The highest BCUT2D eigenvalue weighted by Crippen LogP contribution is 2.39. The lowest BCUT2D eigenvalue weighted by Gasteiger charge is -2.18. The first-order valence-corrected chi connectivity index (χ1v) is 7.34. The Kier molecular flexibility index (Phi) is 4.24. The van der Waals surface area contributed by atoms with Gasteiger partial charge in [0.25, 0.3) is 0 Å². The summed E-state index contributed by atoms with van der Waals surface area (Å²) in [6, 6.07) is 7.83. The van der Waals surface area contributed by atoms with Gasteiger partial charge in [0.1, 0.15) is 0 Å². The summed E-state index contributed by atoms with van der Waals surface area (Å²) in [5, 5.41) is 2.93. The summed E-state index contributed by atoms with van der Waals surface area (Å²) < 4.78 is 0. The van der Waals surface area contributed by atoms with Crippen molar-refractivity contribution < 1.29 is 4.79 Å². The molecule has 1 aliphatic heterocycles. The van der Waals surface area contributed by atoms with Crippen molar-refractivity contribution in [2.45, 2.75) is 30.2 Å². The molecule has 0 bridgehead atoms. The van der Waals surface area contributed by atoms with Crippen LogP contribution in [0.5, 0.6) is 0 Å². The first-order chi connectivity index (χ1) is 8.63. The molecular formula is C13H16N2OS2. The number of rotatable bonds is 4. The number of carbonyl (C=O) groups excluding carboxylic acids is 1. The van der Waals surface area contributed by atoms with E-state index in [0.29, 0.717) is 4.99 Å². The SMILES string of the molecule is CCC(NC(=O)C1CSc2ccccc21)C(N)=S. The third kappa shape index (κ3) is 2.67. The lowest BCUT2D eigenvalue weighted by molar-refractivity contribution is -0.122. The highest BCUT2D eigenvalue weighted by atomic mass is 32.2. The summed E-state index contributed by atoms with van der Waals surface area (Å²) >= 11 is 6.67. The first kappa shape index (κ1) is 13.4. The van der Waals surface area contributed by atoms with Gasteiger partial charge in [0.2, 0.25) is 5.91 Å². The van der Waals surface area contributed by atoms with E-state index < -0.39 is 0 Å². The molecule has 2 atom stereocenters. The van der Waals surface area contributed by atoms with Crippen LogP contribution in [-0.4, -0.2) is 22.7 Å². The highest BCUT2D eigenvalue weighted by Gasteiger charge is 2.30. The van der Waals surface area contributed by atoms with E-state index in [1.807, 2.05) is 25.1 Å². The maximum atomic E-state index is 12.2. The number of fused-ring (bicyclic) bond motifs is 1. The van der Waals surface area contributed by atoms with Crippen LogP contribution in [0.25, 0.3) is 0 Å². The molecule has 0 spiro atoms. The lowest BCUT2D eigenvalue weighted by Crippen LogP contribution is -2.45. The van der Waals surface area contributed by atoms with Gasteiger partial charge in [-0.15, -0.1) is 11.8 Å². The Hall–Kier alpha value is -1.07. The van der Waals surface area contributed by atoms with Crippen molar-refractivity contribution in [2.24, 2.45) is 5.73 Å². The second-order valence-corrected chi connectivity index (χ2v) is 5.81. The lowest BCUT2D eigenvalue weighted by atomic mass is 10.00. The Bertz CT molecular complexity index is 476. The Morgan fingerprint density at radius 3 is 3.00 bits per heavy atom. The fourth-order valence-corrected chi connectivity index (χ4v) is 3.48. The molecule has 0 radical (unpaired) electrons. The Morgan fingerprint density at radius 1 is 1.61 bits per heavy atom. The summed E-state index contributed by atoms with van der Waals surface area (Å²) in [6.45, 7) is 1.96. The Labute approximate surface area is 117 Å². The number of thiocarbonyl (C=S) groups is 1. The van der Waals surface area contributed by atoms with Crippen LogP contribution in [0.15, 0.2) is 29.2 Å². The van der Waals surface area contributed by atoms with Gasteiger partial charge >= 0.3 is 0 Å². The predicted molar refractivity (Wildman–Crippen MR) is 78.9 cm³/mol. The van der Waals surface area contributed by atoms with Gasteiger partial charge in [-0.2, -0.15) is 0 Å². The summed E-state index contributed by atoms with van der Waals surface area (Å²) in [5.74, 6) is 0.723. The van der Waals surface area contributed by atoms with Crippen LogP contribution < -0.4 is 11.1 Å². The molecule has 0 fully saturated rings. The Morgan fingerprint density at radius 2 is 2.33 bits per heavy atom. The maximum absolute atomic E-state index is 12.2. The smallest absolute Gasteiger partial charge is 0.228 e. The monoisotopic (exact) mass is 280 g/mol. The third-order valence-electron chi connectivity index (χ3n) is 3.08. The van der Waals surface area contributed by atoms with Crippen LogP contribution in [0.1, 0.15) is 24.8 Å². The van der Waals surface area contributed by atoms with E-state index in [9.17, 15) is 4.79 Å². The van der Waals surface area contributed by atoms with Crippen molar-refractivity contribution >= 4 is 34.9 Å². The number of amides is 1. The molecule has 2 unspecified atom stereocenters. The molecule has 1 amide bonds. The van der Waals surface area contributed by atoms with Gasteiger partial charge in [0.15, 0.2) is 0 Å². The molecule has 0 saturated heterocycles. The summed E-state index contributed by atoms with van der Waals surface area (Å²) in [6.07, 6.45) is 0.725. The molecule has 96 valence electrons. The second kappa shape index (κ2) is 5.71. The maximum Gasteiger partial charge on any atom is 0.228 e. The van der Waals surface area contributed by atoms with E-state index in [1.54, 1.807) is 11.8 Å². The van der Waals surface area contributed by atoms with Crippen molar-refractivity contribution in [1.29, 1.82) is 0 Å². The molecule has 1 aliphatic rings. The van der Waals surface area contributed by atoms with Crippen LogP contribution >= 0.6 is 24.0 Å². The average molecular weight is 280 g/mol. The fraction of sp³-hybridized carbons (Fsp3) is 0.385. The van der Waals surface area contributed by atoms with E-state index in [-0.39, 0.29) is 17.9 Å². The number of nitrogens with one attached hydrogen (secondary N) is 1. The summed E-state index contributed by atoms with van der Waals surface area (Å²) in [4.78, 5) is 13.8. The van der Waals surface area contributed by atoms with E-state index >= 15 is 0 Å². The van der Waals surface area contributed by atoms with E-state index in [4.69, 9.17) is 18.0 Å². The van der Waals surface area contributed by atoms with Gasteiger partial charge in [0.05, 0.1) is 16.9 Å². The Balaban J connectivity index is 2.10. The van der Waals surface area contributed by atoms with Crippen molar-refractivity contribution in [3.05, 3.63) is 29.8 Å². The topological polar surface area (TPSA) is 55.1 Å².